The van der Waals surface area contributed by atoms with E-state index in [1.54, 1.807) is 11.3 Å². The summed E-state index contributed by atoms with van der Waals surface area (Å²) in [5, 5.41) is 9.64. The summed E-state index contributed by atoms with van der Waals surface area (Å²) >= 11 is 1.63. The molecule has 1 atom stereocenters. The van der Waals surface area contributed by atoms with Crippen LogP contribution >= 0.6 is 11.3 Å². The van der Waals surface area contributed by atoms with Crippen LogP contribution in [0, 0.1) is 5.92 Å². The molecule has 4 rings (SSSR count). The second kappa shape index (κ2) is 6.82. The first-order valence-corrected chi connectivity index (χ1v) is 9.34. The van der Waals surface area contributed by atoms with E-state index in [4.69, 9.17) is 5.73 Å². The number of rotatable bonds is 6. The molecule has 1 unspecified atom stereocenters. The van der Waals surface area contributed by atoms with Crippen molar-refractivity contribution in [1.82, 2.24) is 15.1 Å². The van der Waals surface area contributed by atoms with E-state index in [2.05, 4.69) is 10.4 Å². The SMILES string of the molecule is NCC(NC(=O)c1cc(-c2cccs2)n(-c2ccccc2)n1)C1CC1. The Bertz CT molecular complexity index is 853. The standard InChI is InChI=1S/C19H20N4OS/c20-12-16(13-8-9-13)21-19(24)15-11-17(18-7-4-10-25-18)23(22-15)14-5-2-1-3-6-14/h1-7,10-11,13,16H,8-9,12,20H2,(H,21,24). The number of benzene rings is 1. The molecule has 6 heteroatoms. The first-order valence-electron chi connectivity index (χ1n) is 8.46. The minimum absolute atomic E-state index is 0.0413. The second-order valence-electron chi connectivity index (χ2n) is 6.29. The van der Waals surface area contributed by atoms with Gasteiger partial charge in [-0.25, -0.2) is 4.68 Å². The quantitative estimate of drug-likeness (QED) is 0.716. The third-order valence-corrected chi connectivity index (χ3v) is 5.37. The second-order valence-corrected chi connectivity index (χ2v) is 7.24. The van der Waals surface area contributed by atoms with Crippen LogP contribution in [0.15, 0.2) is 53.9 Å². The van der Waals surface area contributed by atoms with Crippen LogP contribution in [0.3, 0.4) is 0 Å². The van der Waals surface area contributed by atoms with Crippen molar-refractivity contribution in [2.24, 2.45) is 11.7 Å². The maximum absolute atomic E-state index is 12.7. The summed E-state index contributed by atoms with van der Waals surface area (Å²) in [6.45, 7) is 0.466. The molecule has 0 spiro atoms. The van der Waals surface area contributed by atoms with Gasteiger partial charge in [0.2, 0.25) is 0 Å². The van der Waals surface area contributed by atoms with E-state index >= 15 is 0 Å². The molecule has 1 saturated carbocycles. The Balaban J connectivity index is 1.68. The smallest absolute Gasteiger partial charge is 0.272 e. The molecule has 1 aromatic carbocycles. The van der Waals surface area contributed by atoms with Crippen molar-refractivity contribution in [3.63, 3.8) is 0 Å². The predicted molar refractivity (Wildman–Crippen MR) is 99.9 cm³/mol. The summed E-state index contributed by atoms with van der Waals surface area (Å²) in [5.41, 5.74) is 8.08. The molecular weight excluding hydrogens is 332 g/mol. The minimum Gasteiger partial charge on any atom is -0.346 e. The molecule has 0 aliphatic heterocycles. The lowest BCUT2D eigenvalue weighted by atomic mass is 10.2. The number of carbonyl (C=O) groups excluding carboxylic acids is 1. The average Bonchev–Trinajstić information content (AvgIpc) is 3.17. The van der Waals surface area contributed by atoms with E-state index in [0.717, 1.165) is 29.1 Å². The van der Waals surface area contributed by atoms with E-state index in [9.17, 15) is 4.79 Å². The fraction of sp³-hybridized carbons (Fsp3) is 0.263. The van der Waals surface area contributed by atoms with Crippen molar-refractivity contribution >= 4 is 17.2 Å². The Morgan fingerprint density at radius 1 is 1.28 bits per heavy atom. The third kappa shape index (κ3) is 3.36. The van der Waals surface area contributed by atoms with Crippen LogP contribution < -0.4 is 11.1 Å². The number of carbonyl (C=O) groups is 1. The number of para-hydroxylation sites is 1. The summed E-state index contributed by atoms with van der Waals surface area (Å²) in [4.78, 5) is 13.8. The molecule has 5 nitrogen and oxygen atoms in total. The van der Waals surface area contributed by atoms with E-state index < -0.39 is 0 Å². The number of thiophene rings is 1. The number of aromatic nitrogens is 2. The Kier molecular flexibility index (Phi) is 4.38. The largest absolute Gasteiger partial charge is 0.346 e. The number of nitrogens with one attached hydrogen (secondary N) is 1. The van der Waals surface area contributed by atoms with Crippen molar-refractivity contribution < 1.29 is 4.79 Å². The van der Waals surface area contributed by atoms with Gasteiger partial charge >= 0.3 is 0 Å². The lowest BCUT2D eigenvalue weighted by Crippen LogP contribution is -2.41. The summed E-state index contributed by atoms with van der Waals surface area (Å²) in [7, 11) is 0. The molecule has 1 fully saturated rings. The van der Waals surface area contributed by atoms with Crippen molar-refractivity contribution in [1.29, 1.82) is 0 Å². The van der Waals surface area contributed by atoms with Crippen molar-refractivity contribution in [3.05, 3.63) is 59.6 Å². The zero-order chi connectivity index (χ0) is 17.2. The lowest BCUT2D eigenvalue weighted by molar-refractivity contribution is 0.0928. The minimum atomic E-state index is -0.158. The summed E-state index contributed by atoms with van der Waals surface area (Å²) < 4.78 is 1.83. The zero-order valence-corrected chi connectivity index (χ0v) is 14.6. The number of nitrogens with two attached hydrogens (primary N) is 1. The highest BCUT2D eigenvalue weighted by molar-refractivity contribution is 7.13. The summed E-state index contributed by atoms with van der Waals surface area (Å²) in [6.07, 6.45) is 2.28. The normalized spacial score (nSPS) is 15.1. The Labute approximate surface area is 150 Å². The molecule has 2 aromatic heterocycles. The molecule has 1 amide bonds. The monoisotopic (exact) mass is 352 g/mol. The van der Waals surface area contributed by atoms with Gasteiger partial charge in [0.05, 0.1) is 16.3 Å². The molecule has 1 aliphatic carbocycles. The summed E-state index contributed by atoms with van der Waals surface area (Å²) in [6, 6.07) is 15.8. The highest BCUT2D eigenvalue weighted by atomic mass is 32.1. The van der Waals surface area contributed by atoms with Crippen LogP contribution in [-0.4, -0.2) is 28.3 Å². The molecule has 3 N–H and O–H groups in total. The molecule has 0 saturated heterocycles. The highest BCUT2D eigenvalue weighted by Gasteiger charge is 2.32. The van der Waals surface area contributed by atoms with Gasteiger partial charge in [-0.3, -0.25) is 4.79 Å². The van der Waals surface area contributed by atoms with Crippen molar-refractivity contribution in [3.8, 4) is 16.3 Å². The summed E-state index contributed by atoms with van der Waals surface area (Å²) in [5.74, 6) is 0.358. The Morgan fingerprint density at radius 2 is 2.08 bits per heavy atom. The predicted octanol–water partition coefficient (Wildman–Crippen LogP) is 3.07. The molecule has 0 radical (unpaired) electrons. The van der Waals surface area contributed by atoms with Crippen LogP contribution in [0.5, 0.6) is 0 Å². The zero-order valence-electron chi connectivity index (χ0n) is 13.8. The van der Waals surface area contributed by atoms with E-state index in [1.165, 1.54) is 0 Å². The van der Waals surface area contributed by atoms with Crippen LogP contribution in [0.1, 0.15) is 23.3 Å². The highest BCUT2D eigenvalue weighted by Crippen LogP contribution is 2.32. The van der Waals surface area contributed by atoms with Gasteiger partial charge in [-0.1, -0.05) is 24.3 Å². The van der Waals surface area contributed by atoms with Gasteiger partial charge in [-0.15, -0.1) is 11.3 Å². The molecular formula is C19H20N4OS. The number of nitrogens with zero attached hydrogens (tertiary/aromatic N) is 2. The topological polar surface area (TPSA) is 72.9 Å². The number of hydrogen-bond donors (Lipinski definition) is 2. The average molecular weight is 352 g/mol. The first-order chi connectivity index (χ1) is 12.3. The molecule has 0 bridgehead atoms. The maximum Gasteiger partial charge on any atom is 0.272 e. The Morgan fingerprint density at radius 3 is 2.72 bits per heavy atom. The number of amides is 1. The van der Waals surface area contributed by atoms with Crippen LogP contribution in [0.4, 0.5) is 0 Å². The molecule has 128 valence electrons. The van der Waals surface area contributed by atoms with Gasteiger partial charge in [0.1, 0.15) is 0 Å². The van der Waals surface area contributed by atoms with Crippen LogP contribution in [-0.2, 0) is 0 Å². The van der Waals surface area contributed by atoms with Gasteiger partial charge in [-0.05, 0) is 48.4 Å². The molecule has 1 aliphatic rings. The van der Waals surface area contributed by atoms with Crippen molar-refractivity contribution in [2.45, 2.75) is 18.9 Å². The van der Waals surface area contributed by atoms with Gasteiger partial charge in [0.15, 0.2) is 5.69 Å². The third-order valence-electron chi connectivity index (χ3n) is 4.48. The fourth-order valence-corrected chi connectivity index (χ4v) is 3.70. The van der Waals surface area contributed by atoms with Gasteiger partial charge in [-0.2, -0.15) is 5.10 Å². The molecule has 25 heavy (non-hydrogen) atoms. The van der Waals surface area contributed by atoms with Gasteiger partial charge < -0.3 is 11.1 Å². The lowest BCUT2D eigenvalue weighted by Gasteiger charge is -2.14. The number of hydrogen-bond acceptors (Lipinski definition) is 4. The Hall–Kier alpha value is -2.44. The van der Waals surface area contributed by atoms with E-state index in [0.29, 0.717) is 18.2 Å². The van der Waals surface area contributed by atoms with Crippen LogP contribution in [0.2, 0.25) is 0 Å². The van der Waals surface area contributed by atoms with E-state index in [-0.39, 0.29) is 11.9 Å². The first kappa shape index (κ1) is 16.1. The van der Waals surface area contributed by atoms with Crippen molar-refractivity contribution in [2.75, 3.05) is 6.54 Å². The fourth-order valence-electron chi connectivity index (χ4n) is 2.97. The van der Waals surface area contributed by atoms with Crippen LogP contribution in [0.25, 0.3) is 16.3 Å². The van der Waals surface area contributed by atoms with Gasteiger partial charge in [0.25, 0.3) is 5.91 Å². The van der Waals surface area contributed by atoms with Gasteiger partial charge in [0, 0.05) is 12.6 Å². The maximum atomic E-state index is 12.7. The molecule has 3 aromatic rings. The van der Waals surface area contributed by atoms with E-state index in [1.807, 2.05) is 58.6 Å². The molecule has 2 heterocycles.